The summed E-state index contributed by atoms with van der Waals surface area (Å²) in [6, 6.07) is 11.1. The van der Waals surface area contributed by atoms with E-state index in [2.05, 4.69) is 17.2 Å². The van der Waals surface area contributed by atoms with Crippen molar-refractivity contribution in [3.8, 4) is 11.6 Å². The predicted molar refractivity (Wildman–Crippen MR) is 77.8 cm³/mol. The maximum absolute atomic E-state index is 5.90. The van der Waals surface area contributed by atoms with Gasteiger partial charge in [-0.05, 0) is 36.7 Å². The molecule has 0 bridgehead atoms. The molecule has 0 aliphatic rings. The monoisotopic (exact) mass is 276 g/mol. The molecular formula is C15H17ClN2O. The molecule has 0 aliphatic heterocycles. The summed E-state index contributed by atoms with van der Waals surface area (Å²) in [6.45, 7) is 3.99. The van der Waals surface area contributed by atoms with E-state index in [-0.39, 0.29) is 0 Å². The Kier molecular flexibility index (Phi) is 5.19. The van der Waals surface area contributed by atoms with Gasteiger partial charge in [0.1, 0.15) is 5.75 Å². The van der Waals surface area contributed by atoms with E-state index in [0.717, 1.165) is 25.1 Å². The molecule has 100 valence electrons. The van der Waals surface area contributed by atoms with Crippen LogP contribution in [0.25, 0.3) is 0 Å². The lowest BCUT2D eigenvalue weighted by molar-refractivity contribution is 0.462. The van der Waals surface area contributed by atoms with Crippen LogP contribution in [-0.4, -0.2) is 11.5 Å². The first-order chi connectivity index (χ1) is 9.28. The van der Waals surface area contributed by atoms with E-state index in [0.29, 0.717) is 16.7 Å². The van der Waals surface area contributed by atoms with Crippen LogP contribution in [-0.2, 0) is 6.54 Å². The van der Waals surface area contributed by atoms with E-state index in [1.807, 2.05) is 36.5 Å². The number of ether oxygens (including phenoxy) is 1. The van der Waals surface area contributed by atoms with Crippen molar-refractivity contribution in [3.05, 3.63) is 53.2 Å². The maximum Gasteiger partial charge on any atom is 0.219 e. The topological polar surface area (TPSA) is 34.1 Å². The van der Waals surface area contributed by atoms with Gasteiger partial charge < -0.3 is 10.1 Å². The lowest BCUT2D eigenvalue weighted by atomic mass is 10.3. The first-order valence-corrected chi connectivity index (χ1v) is 6.75. The van der Waals surface area contributed by atoms with Crippen LogP contribution in [0.5, 0.6) is 11.6 Å². The number of nitrogens with one attached hydrogen (secondary N) is 1. The number of aromatic nitrogens is 1. The molecule has 1 N–H and O–H groups in total. The van der Waals surface area contributed by atoms with Gasteiger partial charge in [-0.1, -0.05) is 30.7 Å². The quantitative estimate of drug-likeness (QED) is 0.809. The van der Waals surface area contributed by atoms with Gasteiger partial charge in [-0.25, -0.2) is 4.98 Å². The largest absolute Gasteiger partial charge is 0.439 e. The SMILES string of the molecule is CCCNCc1ccc(Oc2cccc(Cl)c2)nc1. The Morgan fingerprint density at radius 3 is 2.84 bits per heavy atom. The van der Waals surface area contributed by atoms with E-state index in [9.17, 15) is 0 Å². The zero-order chi connectivity index (χ0) is 13.5. The molecule has 1 aromatic carbocycles. The number of hydrogen-bond acceptors (Lipinski definition) is 3. The number of pyridine rings is 1. The molecule has 1 heterocycles. The van der Waals surface area contributed by atoms with Crippen LogP contribution in [0.15, 0.2) is 42.6 Å². The summed E-state index contributed by atoms with van der Waals surface area (Å²) >= 11 is 5.90. The van der Waals surface area contributed by atoms with Crippen LogP contribution in [0.3, 0.4) is 0 Å². The molecule has 19 heavy (non-hydrogen) atoms. The lowest BCUT2D eigenvalue weighted by Crippen LogP contribution is -2.13. The van der Waals surface area contributed by atoms with Gasteiger partial charge in [0.15, 0.2) is 0 Å². The van der Waals surface area contributed by atoms with Gasteiger partial charge in [-0.3, -0.25) is 0 Å². The molecule has 0 saturated heterocycles. The Hall–Kier alpha value is -1.58. The molecule has 2 aromatic rings. The third-order valence-electron chi connectivity index (χ3n) is 2.57. The zero-order valence-electron chi connectivity index (χ0n) is 10.9. The molecule has 0 amide bonds. The molecule has 0 aliphatic carbocycles. The fourth-order valence-corrected chi connectivity index (χ4v) is 1.82. The van der Waals surface area contributed by atoms with Crippen molar-refractivity contribution in [1.82, 2.24) is 10.3 Å². The highest BCUT2D eigenvalue weighted by Gasteiger charge is 2.00. The van der Waals surface area contributed by atoms with E-state index < -0.39 is 0 Å². The van der Waals surface area contributed by atoms with E-state index in [1.54, 1.807) is 6.07 Å². The zero-order valence-corrected chi connectivity index (χ0v) is 11.7. The average molecular weight is 277 g/mol. The van der Waals surface area contributed by atoms with Gasteiger partial charge in [0.05, 0.1) is 0 Å². The Labute approximate surface area is 118 Å². The Balaban J connectivity index is 1.95. The highest BCUT2D eigenvalue weighted by molar-refractivity contribution is 6.30. The number of hydrogen-bond donors (Lipinski definition) is 1. The molecule has 0 spiro atoms. The highest BCUT2D eigenvalue weighted by Crippen LogP contribution is 2.22. The molecule has 1 aromatic heterocycles. The van der Waals surface area contributed by atoms with E-state index in [1.165, 1.54) is 0 Å². The lowest BCUT2D eigenvalue weighted by Gasteiger charge is -2.06. The van der Waals surface area contributed by atoms with Crippen LogP contribution in [0, 0.1) is 0 Å². The maximum atomic E-state index is 5.90. The second-order valence-corrected chi connectivity index (χ2v) is 4.68. The summed E-state index contributed by atoms with van der Waals surface area (Å²) in [5.41, 5.74) is 1.15. The summed E-state index contributed by atoms with van der Waals surface area (Å²) in [7, 11) is 0. The van der Waals surface area contributed by atoms with Gasteiger partial charge >= 0.3 is 0 Å². The molecule has 0 radical (unpaired) electrons. The summed E-state index contributed by atoms with van der Waals surface area (Å²) in [4.78, 5) is 4.28. The van der Waals surface area contributed by atoms with Gasteiger partial charge in [0.25, 0.3) is 0 Å². The minimum absolute atomic E-state index is 0.571. The first kappa shape index (κ1) is 13.8. The molecule has 0 unspecified atom stereocenters. The van der Waals surface area contributed by atoms with Crippen LogP contribution >= 0.6 is 11.6 Å². The van der Waals surface area contributed by atoms with E-state index >= 15 is 0 Å². The van der Waals surface area contributed by atoms with Gasteiger partial charge in [-0.2, -0.15) is 0 Å². The fraction of sp³-hybridized carbons (Fsp3) is 0.267. The van der Waals surface area contributed by atoms with Crippen molar-refractivity contribution < 1.29 is 4.74 Å². The summed E-state index contributed by atoms with van der Waals surface area (Å²) in [6.07, 6.45) is 2.95. The van der Waals surface area contributed by atoms with Crippen molar-refractivity contribution in [2.75, 3.05) is 6.54 Å². The minimum Gasteiger partial charge on any atom is -0.439 e. The average Bonchev–Trinajstić information content (AvgIpc) is 2.41. The molecule has 0 fully saturated rings. The van der Waals surface area contributed by atoms with Gasteiger partial charge in [0, 0.05) is 23.8 Å². The van der Waals surface area contributed by atoms with Crippen molar-refractivity contribution in [2.45, 2.75) is 19.9 Å². The number of nitrogens with zero attached hydrogens (tertiary/aromatic N) is 1. The predicted octanol–water partition coefficient (Wildman–Crippen LogP) is 4.03. The first-order valence-electron chi connectivity index (χ1n) is 6.37. The summed E-state index contributed by atoms with van der Waals surface area (Å²) in [5, 5.41) is 3.98. The molecular weight excluding hydrogens is 260 g/mol. The fourth-order valence-electron chi connectivity index (χ4n) is 1.64. The van der Waals surface area contributed by atoms with E-state index in [4.69, 9.17) is 16.3 Å². The summed E-state index contributed by atoms with van der Waals surface area (Å²) < 4.78 is 5.62. The van der Waals surface area contributed by atoms with Crippen molar-refractivity contribution >= 4 is 11.6 Å². The Morgan fingerprint density at radius 1 is 1.26 bits per heavy atom. The van der Waals surface area contributed by atoms with Crippen LogP contribution in [0.4, 0.5) is 0 Å². The van der Waals surface area contributed by atoms with Crippen LogP contribution in [0.2, 0.25) is 5.02 Å². The minimum atomic E-state index is 0.571. The number of halogens is 1. The number of rotatable bonds is 6. The van der Waals surface area contributed by atoms with Gasteiger partial charge in [0.2, 0.25) is 5.88 Å². The second kappa shape index (κ2) is 7.12. The third-order valence-corrected chi connectivity index (χ3v) is 2.81. The molecule has 2 rings (SSSR count). The second-order valence-electron chi connectivity index (χ2n) is 4.24. The third kappa shape index (κ3) is 4.54. The molecule has 4 heteroatoms. The Bertz CT molecular complexity index is 514. The smallest absolute Gasteiger partial charge is 0.219 e. The summed E-state index contributed by atoms with van der Waals surface area (Å²) in [5.74, 6) is 1.26. The molecule has 0 atom stereocenters. The number of benzene rings is 1. The Morgan fingerprint density at radius 2 is 2.16 bits per heavy atom. The highest BCUT2D eigenvalue weighted by atomic mass is 35.5. The molecule has 0 saturated carbocycles. The molecule has 3 nitrogen and oxygen atoms in total. The van der Waals surface area contributed by atoms with Crippen LogP contribution in [0.1, 0.15) is 18.9 Å². The normalized spacial score (nSPS) is 10.4. The van der Waals surface area contributed by atoms with Crippen molar-refractivity contribution in [3.63, 3.8) is 0 Å². The van der Waals surface area contributed by atoms with Crippen LogP contribution < -0.4 is 10.1 Å². The van der Waals surface area contributed by atoms with Gasteiger partial charge in [-0.15, -0.1) is 0 Å². The standard InChI is InChI=1S/C15H17ClN2O/c1-2-8-17-10-12-6-7-15(18-11-12)19-14-5-3-4-13(16)9-14/h3-7,9,11,17H,2,8,10H2,1H3. The van der Waals surface area contributed by atoms with Crippen molar-refractivity contribution in [1.29, 1.82) is 0 Å². The van der Waals surface area contributed by atoms with Crippen molar-refractivity contribution in [2.24, 2.45) is 0 Å².